The monoisotopic (exact) mass is 587 g/mol. The number of nitriles is 1. The molecule has 3 aliphatic rings. The summed E-state index contributed by atoms with van der Waals surface area (Å²) in [4.78, 5) is 38.9. The summed E-state index contributed by atoms with van der Waals surface area (Å²) in [7, 11) is 1.45. The van der Waals surface area contributed by atoms with E-state index in [1.165, 1.54) is 13.2 Å². The van der Waals surface area contributed by atoms with Crippen molar-refractivity contribution in [2.24, 2.45) is 23.2 Å². The van der Waals surface area contributed by atoms with E-state index in [0.29, 0.717) is 32.2 Å². The van der Waals surface area contributed by atoms with Crippen LogP contribution in [0, 0.1) is 34.5 Å². The van der Waals surface area contributed by atoms with E-state index in [4.69, 9.17) is 9.47 Å². The smallest absolute Gasteiger partial charge is 0.309 e. The molecule has 0 aliphatic heterocycles. The lowest BCUT2D eigenvalue weighted by Gasteiger charge is -2.34. The number of hydrogen-bond donors (Lipinski definition) is 3. The van der Waals surface area contributed by atoms with Crippen molar-refractivity contribution >= 4 is 17.8 Å². The molecule has 2 aromatic rings. The van der Waals surface area contributed by atoms with E-state index < -0.39 is 11.4 Å². The zero-order valence-corrected chi connectivity index (χ0v) is 25.1. The molecule has 0 heterocycles. The van der Waals surface area contributed by atoms with Crippen molar-refractivity contribution in [1.82, 2.24) is 10.6 Å². The number of nitrogens with zero attached hydrogens (tertiary/aromatic N) is 1. The Kier molecular flexibility index (Phi) is 8.95. The summed E-state index contributed by atoms with van der Waals surface area (Å²) in [5.41, 5.74) is 0.856. The predicted octanol–water partition coefficient (Wildman–Crippen LogP) is 5.04. The second kappa shape index (κ2) is 12.7. The van der Waals surface area contributed by atoms with Gasteiger partial charge in [-0.1, -0.05) is 37.3 Å². The number of fused-ring (bicyclic) bond motifs is 2. The van der Waals surface area contributed by atoms with Gasteiger partial charge in [0.1, 0.15) is 17.6 Å². The first-order valence-corrected chi connectivity index (χ1v) is 15.3. The lowest BCUT2D eigenvalue weighted by molar-refractivity contribution is -0.150. The molecular weight excluding hydrogens is 546 g/mol. The molecule has 3 N–H and O–H groups in total. The average Bonchev–Trinajstić information content (AvgIpc) is 3.63. The van der Waals surface area contributed by atoms with E-state index in [2.05, 4.69) is 35.8 Å². The van der Waals surface area contributed by atoms with Crippen LogP contribution in [-0.4, -0.2) is 48.7 Å². The van der Waals surface area contributed by atoms with Crippen LogP contribution >= 0.6 is 0 Å². The number of carboxylic acid groups (broad SMARTS) is 1. The number of nitrogens with one attached hydrogen (secondary N) is 2. The van der Waals surface area contributed by atoms with E-state index in [1.807, 2.05) is 18.2 Å². The fraction of sp³-hybridized carbons (Fsp3) is 0.529. The summed E-state index contributed by atoms with van der Waals surface area (Å²) in [5.74, 6) is -0.377. The molecule has 43 heavy (non-hydrogen) atoms. The minimum absolute atomic E-state index is 0.0262. The van der Waals surface area contributed by atoms with Gasteiger partial charge < -0.3 is 25.2 Å². The molecule has 9 nitrogen and oxygen atoms in total. The van der Waals surface area contributed by atoms with Gasteiger partial charge in [-0.05, 0) is 81.3 Å². The fourth-order valence-electron chi connectivity index (χ4n) is 7.21. The molecule has 0 unspecified atom stereocenters. The van der Waals surface area contributed by atoms with Crippen molar-refractivity contribution in [3.63, 3.8) is 0 Å². The number of amides is 2. The Morgan fingerprint density at radius 3 is 2.42 bits per heavy atom. The van der Waals surface area contributed by atoms with Gasteiger partial charge in [-0.2, -0.15) is 5.26 Å². The van der Waals surface area contributed by atoms with Crippen molar-refractivity contribution in [2.45, 2.75) is 76.9 Å². The highest BCUT2D eigenvalue weighted by atomic mass is 16.5. The van der Waals surface area contributed by atoms with E-state index in [-0.39, 0.29) is 70.3 Å². The lowest BCUT2D eigenvalue weighted by atomic mass is 9.75. The van der Waals surface area contributed by atoms with Gasteiger partial charge in [0.25, 0.3) is 5.91 Å². The molecular formula is C34H41N3O6. The normalized spacial score (nSPS) is 28.4. The largest absolute Gasteiger partial charge is 0.496 e. The zero-order valence-electron chi connectivity index (χ0n) is 25.1. The average molecular weight is 588 g/mol. The van der Waals surface area contributed by atoms with Gasteiger partial charge in [0.2, 0.25) is 5.91 Å². The molecule has 0 aromatic heterocycles. The first-order chi connectivity index (χ1) is 20.6. The highest BCUT2D eigenvalue weighted by Gasteiger charge is 2.51. The number of hydrogen-bond acceptors (Lipinski definition) is 6. The number of benzene rings is 2. The van der Waals surface area contributed by atoms with Crippen LogP contribution in [-0.2, 0) is 9.59 Å². The van der Waals surface area contributed by atoms with Crippen LogP contribution in [0.1, 0.15) is 86.2 Å². The number of ether oxygens (including phenoxy) is 2. The number of methoxy groups -OCH3 is 1. The maximum absolute atomic E-state index is 13.8. The standard InChI is InChI=1S/C34H41N3O6/c1-20(21-7-5-4-6-8-21)19-36-32(39)29-22-9-10-23(15-22)30(29)37-31(38)26-17-27(24(18-35)16-28(26)42-3)43-25-11-13-34(2,14-12-25)33(40)41/h4-8,16-17,20,22-23,25,29-30H,9-15,19H2,1-3H3,(H,36,39)(H,37,38)(H,40,41)/t20-,22+,23-,25-,29-,30+,34+/m0/s1. The Labute approximate surface area is 252 Å². The van der Waals surface area contributed by atoms with Gasteiger partial charge in [0, 0.05) is 18.7 Å². The van der Waals surface area contributed by atoms with Crippen LogP contribution in [0.5, 0.6) is 11.5 Å². The van der Waals surface area contributed by atoms with Crippen LogP contribution in [0.4, 0.5) is 0 Å². The Morgan fingerprint density at radius 2 is 1.77 bits per heavy atom. The lowest BCUT2D eigenvalue weighted by Crippen LogP contribution is -2.50. The first kappa shape index (κ1) is 30.4. The van der Waals surface area contributed by atoms with Gasteiger partial charge in [-0.15, -0.1) is 0 Å². The van der Waals surface area contributed by atoms with Gasteiger partial charge in [-0.25, -0.2) is 0 Å². The minimum Gasteiger partial charge on any atom is -0.496 e. The summed E-state index contributed by atoms with van der Waals surface area (Å²) in [6, 6.07) is 15.0. The highest BCUT2D eigenvalue weighted by Crippen LogP contribution is 2.49. The molecule has 0 spiro atoms. The van der Waals surface area contributed by atoms with Crippen LogP contribution in [0.15, 0.2) is 42.5 Å². The van der Waals surface area contributed by atoms with E-state index in [1.54, 1.807) is 13.0 Å². The van der Waals surface area contributed by atoms with Crippen LogP contribution < -0.4 is 20.1 Å². The third-order valence-electron chi connectivity index (χ3n) is 9.98. The highest BCUT2D eigenvalue weighted by molar-refractivity contribution is 5.98. The summed E-state index contributed by atoms with van der Waals surface area (Å²) < 4.78 is 11.7. The molecule has 5 rings (SSSR count). The Hall–Kier alpha value is -4.06. The summed E-state index contributed by atoms with van der Waals surface area (Å²) in [6.07, 6.45) is 4.59. The van der Waals surface area contributed by atoms with E-state index >= 15 is 0 Å². The molecule has 228 valence electrons. The second-order valence-corrected chi connectivity index (χ2v) is 12.8. The fourth-order valence-corrected chi connectivity index (χ4v) is 7.21. The summed E-state index contributed by atoms with van der Waals surface area (Å²) in [6.45, 7) is 4.36. The first-order valence-electron chi connectivity index (χ1n) is 15.3. The number of aliphatic carboxylic acids is 1. The molecule has 3 fully saturated rings. The van der Waals surface area contributed by atoms with Crippen molar-refractivity contribution in [3.05, 3.63) is 59.2 Å². The molecule has 2 bridgehead atoms. The number of rotatable bonds is 10. The van der Waals surface area contributed by atoms with Crippen LogP contribution in [0.2, 0.25) is 0 Å². The van der Waals surface area contributed by atoms with Gasteiger partial charge >= 0.3 is 5.97 Å². The van der Waals surface area contributed by atoms with Crippen molar-refractivity contribution < 1.29 is 29.0 Å². The van der Waals surface area contributed by atoms with Gasteiger partial charge in [0.15, 0.2) is 0 Å². The molecule has 3 aliphatic carbocycles. The zero-order chi connectivity index (χ0) is 30.7. The Bertz CT molecular complexity index is 1390. The minimum atomic E-state index is -0.814. The molecule has 9 heteroatoms. The summed E-state index contributed by atoms with van der Waals surface area (Å²) >= 11 is 0. The van der Waals surface area contributed by atoms with Gasteiger partial charge in [-0.3, -0.25) is 14.4 Å². The summed E-state index contributed by atoms with van der Waals surface area (Å²) in [5, 5.41) is 25.7. The quantitative estimate of drug-likeness (QED) is 0.354. The molecule has 3 saturated carbocycles. The van der Waals surface area contributed by atoms with E-state index in [0.717, 1.165) is 24.8 Å². The van der Waals surface area contributed by atoms with Crippen molar-refractivity contribution in [1.29, 1.82) is 5.26 Å². The third-order valence-corrected chi connectivity index (χ3v) is 9.98. The maximum Gasteiger partial charge on any atom is 0.309 e. The van der Waals surface area contributed by atoms with E-state index in [9.17, 15) is 24.8 Å². The molecule has 2 aromatic carbocycles. The van der Waals surface area contributed by atoms with Crippen molar-refractivity contribution in [2.75, 3.05) is 13.7 Å². The third kappa shape index (κ3) is 6.34. The molecule has 5 atom stereocenters. The van der Waals surface area contributed by atoms with Crippen LogP contribution in [0.3, 0.4) is 0 Å². The number of carbonyl (C=O) groups excluding carboxylic acids is 2. The number of carboxylic acids is 1. The van der Waals surface area contributed by atoms with Crippen molar-refractivity contribution in [3.8, 4) is 17.6 Å². The second-order valence-electron chi connectivity index (χ2n) is 12.8. The Morgan fingerprint density at radius 1 is 1.07 bits per heavy atom. The predicted molar refractivity (Wildman–Crippen MR) is 160 cm³/mol. The number of carbonyl (C=O) groups is 3. The maximum atomic E-state index is 13.8. The van der Waals surface area contributed by atoms with Gasteiger partial charge in [0.05, 0.1) is 35.7 Å². The molecule has 0 radical (unpaired) electrons. The molecule has 0 saturated heterocycles. The topological polar surface area (TPSA) is 138 Å². The Balaban J connectivity index is 1.29. The van der Waals surface area contributed by atoms with Crippen LogP contribution in [0.25, 0.3) is 0 Å². The SMILES string of the molecule is COc1cc(C#N)c(O[C@H]2CC[C@@](C)(C(=O)O)CC2)cc1C(=O)N[C@@H]1[C@H]2CC[C@H](C2)[C@@H]1C(=O)NC[C@H](C)c1ccccc1. The molecule has 2 amide bonds.